The molecule has 1 aliphatic heterocycles. The highest BCUT2D eigenvalue weighted by atomic mass is 16.5. The lowest BCUT2D eigenvalue weighted by Gasteiger charge is -2.30. The molecule has 0 amide bonds. The molecule has 0 N–H and O–H groups in total. The molecule has 1 unspecified atom stereocenters. The minimum absolute atomic E-state index is 0.360. The van der Waals surface area contributed by atoms with Crippen LogP contribution in [0, 0.1) is 6.92 Å². The fourth-order valence-corrected chi connectivity index (χ4v) is 2.60. The number of nitrogens with zero attached hydrogens (tertiary/aromatic N) is 4. The fourth-order valence-electron chi connectivity index (χ4n) is 2.60. The van der Waals surface area contributed by atoms with Gasteiger partial charge in [0.15, 0.2) is 5.82 Å². The van der Waals surface area contributed by atoms with E-state index in [9.17, 15) is 0 Å². The summed E-state index contributed by atoms with van der Waals surface area (Å²) in [5, 5.41) is 3.88. The second-order valence-electron chi connectivity index (χ2n) is 5.08. The van der Waals surface area contributed by atoms with Crippen molar-refractivity contribution in [3.63, 3.8) is 0 Å². The first-order valence-electron chi connectivity index (χ1n) is 6.74. The predicted octanol–water partition coefficient (Wildman–Crippen LogP) is 2.15. The van der Waals surface area contributed by atoms with Crippen LogP contribution in [0.25, 0.3) is 0 Å². The highest BCUT2D eigenvalue weighted by Crippen LogP contribution is 2.26. The van der Waals surface area contributed by atoms with E-state index in [2.05, 4.69) is 26.1 Å². The minimum Gasteiger partial charge on any atom is -0.339 e. The van der Waals surface area contributed by atoms with Crippen LogP contribution < -0.4 is 0 Å². The monoisotopic (exact) mass is 258 g/mol. The lowest BCUT2D eigenvalue weighted by atomic mass is 9.98. The SMILES string of the molecule is Cc1noc(C2CCCN(Cc3ccccn3)C2)n1. The Balaban J connectivity index is 1.65. The number of piperidine rings is 1. The topological polar surface area (TPSA) is 55.1 Å². The van der Waals surface area contributed by atoms with E-state index >= 15 is 0 Å². The molecule has 1 fully saturated rings. The summed E-state index contributed by atoms with van der Waals surface area (Å²) in [4.78, 5) is 11.2. The van der Waals surface area contributed by atoms with E-state index in [4.69, 9.17) is 4.52 Å². The van der Waals surface area contributed by atoms with Gasteiger partial charge in [-0.3, -0.25) is 9.88 Å². The van der Waals surface area contributed by atoms with Crippen LogP contribution in [0.2, 0.25) is 0 Å². The number of hydrogen-bond donors (Lipinski definition) is 0. The van der Waals surface area contributed by atoms with Gasteiger partial charge in [-0.2, -0.15) is 4.98 Å². The van der Waals surface area contributed by atoms with Crippen molar-refractivity contribution in [1.29, 1.82) is 0 Å². The first kappa shape index (κ1) is 12.3. The zero-order valence-corrected chi connectivity index (χ0v) is 11.1. The lowest BCUT2D eigenvalue weighted by molar-refractivity contribution is 0.178. The van der Waals surface area contributed by atoms with Crippen molar-refractivity contribution in [2.45, 2.75) is 32.2 Å². The molecular formula is C14H18N4O. The number of aryl methyl sites for hydroxylation is 1. The summed E-state index contributed by atoms with van der Waals surface area (Å²) in [6.45, 7) is 4.84. The Hall–Kier alpha value is -1.75. The molecule has 100 valence electrons. The van der Waals surface area contributed by atoms with Gasteiger partial charge in [-0.1, -0.05) is 11.2 Å². The van der Waals surface area contributed by atoms with E-state index in [0.717, 1.165) is 43.5 Å². The number of hydrogen-bond acceptors (Lipinski definition) is 5. The average molecular weight is 258 g/mol. The third-order valence-corrected chi connectivity index (χ3v) is 3.51. The molecule has 5 nitrogen and oxygen atoms in total. The Labute approximate surface area is 112 Å². The molecule has 0 radical (unpaired) electrons. The molecular weight excluding hydrogens is 240 g/mol. The van der Waals surface area contributed by atoms with E-state index < -0.39 is 0 Å². The van der Waals surface area contributed by atoms with Crippen molar-refractivity contribution in [2.75, 3.05) is 13.1 Å². The largest absolute Gasteiger partial charge is 0.339 e. The van der Waals surface area contributed by atoms with Gasteiger partial charge >= 0.3 is 0 Å². The standard InChI is InChI=1S/C14H18N4O/c1-11-16-14(19-17-11)12-5-4-8-18(9-12)10-13-6-2-3-7-15-13/h2-3,6-7,12H,4-5,8-10H2,1H3. The van der Waals surface area contributed by atoms with E-state index in [0.29, 0.717) is 5.92 Å². The van der Waals surface area contributed by atoms with Crippen LogP contribution in [0.3, 0.4) is 0 Å². The minimum atomic E-state index is 0.360. The number of aromatic nitrogens is 3. The summed E-state index contributed by atoms with van der Waals surface area (Å²) in [7, 11) is 0. The van der Waals surface area contributed by atoms with Crippen LogP contribution in [0.5, 0.6) is 0 Å². The molecule has 0 aromatic carbocycles. The van der Waals surface area contributed by atoms with Crippen LogP contribution in [-0.4, -0.2) is 33.1 Å². The van der Waals surface area contributed by atoms with E-state index in [-0.39, 0.29) is 0 Å². The zero-order valence-electron chi connectivity index (χ0n) is 11.1. The second kappa shape index (κ2) is 5.48. The molecule has 0 saturated carbocycles. The maximum Gasteiger partial charge on any atom is 0.231 e. The molecule has 3 heterocycles. The van der Waals surface area contributed by atoms with Crippen molar-refractivity contribution >= 4 is 0 Å². The Morgan fingerprint density at radius 1 is 1.42 bits per heavy atom. The third-order valence-electron chi connectivity index (χ3n) is 3.51. The van der Waals surface area contributed by atoms with Crippen molar-refractivity contribution in [2.24, 2.45) is 0 Å². The van der Waals surface area contributed by atoms with E-state index in [1.54, 1.807) is 0 Å². The van der Waals surface area contributed by atoms with Gasteiger partial charge in [-0.25, -0.2) is 0 Å². The van der Waals surface area contributed by atoms with Crippen molar-refractivity contribution in [1.82, 2.24) is 20.0 Å². The molecule has 0 spiro atoms. The molecule has 0 aliphatic carbocycles. The summed E-state index contributed by atoms with van der Waals surface area (Å²) in [6, 6.07) is 6.05. The molecule has 5 heteroatoms. The fraction of sp³-hybridized carbons (Fsp3) is 0.500. The Morgan fingerprint density at radius 3 is 3.11 bits per heavy atom. The summed E-state index contributed by atoms with van der Waals surface area (Å²) in [5.41, 5.74) is 1.12. The van der Waals surface area contributed by atoms with Gasteiger partial charge in [-0.05, 0) is 38.4 Å². The van der Waals surface area contributed by atoms with Gasteiger partial charge < -0.3 is 4.52 Å². The summed E-state index contributed by atoms with van der Waals surface area (Å²) in [5.74, 6) is 1.86. The Kier molecular flexibility index (Phi) is 3.55. The molecule has 0 bridgehead atoms. The maximum atomic E-state index is 5.30. The maximum absolute atomic E-state index is 5.30. The molecule has 3 rings (SSSR count). The highest BCUT2D eigenvalue weighted by Gasteiger charge is 2.25. The predicted molar refractivity (Wildman–Crippen MR) is 70.5 cm³/mol. The van der Waals surface area contributed by atoms with E-state index in [1.165, 1.54) is 6.42 Å². The van der Waals surface area contributed by atoms with Crippen LogP contribution in [-0.2, 0) is 6.54 Å². The van der Waals surface area contributed by atoms with Crippen LogP contribution in [0.1, 0.15) is 36.2 Å². The normalized spacial score (nSPS) is 20.6. The number of likely N-dealkylation sites (tertiary alicyclic amines) is 1. The van der Waals surface area contributed by atoms with Crippen molar-refractivity contribution < 1.29 is 4.52 Å². The molecule has 1 saturated heterocycles. The molecule has 1 atom stereocenters. The quantitative estimate of drug-likeness (QED) is 0.844. The van der Waals surface area contributed by atoms with Crippen molar-refractivity contribution in [3.05, 3.63) is 41.8 Å². The summed E-state index contributed by atoms with van der Waals surface area (Å²) >= 11 is 0. The van der Waals surface area contributed by atoms with Crippen molar-refractivity contribution in [3.8, 4) is 0 Å². The van der Waals surface area contributed by atoms with Gasteiger partial charge in [0.25, 0.3) is 0 Å². The zero-order chi connectivity index (χ0) is 13.1. The van der Waals surface area contributed by atoms with Crippen LogP contribution in [0.15, 0.2) is 28.9 Å². The Bertz CT molecular complexity index is 525. The number of rotatable bonds is 3. The lowest BCUT2D eigenvalue weighted by Crippen LogP contribution is -2.34. The average Bonchev–Trinajstić information content (AvgIpc) is 2.87. The molecule has 2 aromatic rings. The van der Waals surface area contributed by atoms with Gasteiger partial charge in [0.1, 0.15) is 0 Å². The van der Waals surface area contributed by atoms with Gasteiger partial charge in [0, 0.05) is 19.3 Å². The first-order valence-corrected chi connectivity index (χ1v) is 6.74. The Morgan fingerprint density at radius 2 is 2.37 bits per heavy atom. The van der Waals surface area contributed by atoms with Gasteiger partial charge in [0.05, 0.1) is 11.6 Å². The van der Waals surface area contributed by atoms with Crippen LogP contribution in [0.4, 0.5) is 0 Å². The summed E-state index contributed by atoms with van der Waals surface area (Å²) < 4.78 is 5.30. The molecule has 19 heavy (non-hydrogen) atoms. The molecule has 1 aliphatic rings. The smallest absolute Gasteiger partial charge is 0.231 e. The van der Waals surface area contributed by atoms with E-state index in [1.807, 2.05) is 25.3 Å². The highest BCUT2D eigenvalue weighted by molar-refractivity contribution is 5.04. The van der Waals surface area contributed by atoms with Crippen LogP contribution >= 0.6 is 0 Å². The molecule has 2 aromatic heterocycles. The first-order chi connectivity index (χ1) is 9.31. The summed E-state index contributed by atoms with van der Waals surface area (Å²) in [6.07, 6.45) is 4.14. The number of pyridine rings is 1. The second-order valence-corrected chi connectivity index (χ2v) is 5.08. The van der Waals surface area contributed by atoms with Gasteiger partial charge in [0.2, 0.25) is 5.89 Å². The third kappa shape index (κ3) is 2.98. The van der Waals surface area contributed by atoms with Gasteiger partial charge in [-0.15, -0.1) is 0 Å².